The molecular weight excluding hydrogens is 341 g/mol. The molecule has 0 bridgehead atoms. The molecule has 1 aromatic carbocycles. The molecule has 2 rings (SSSR count). The van der Waals surface area contributed by atoms with Gasteiger partial charge in [-0.2, -0.15) is 0 Å². The van der Waals surface area contributed by atoms with Gasteiger partial charge in [-0.3, -0.25) is 9.59 Å². The van der Waals surface area contributed by atoms with Gasteiger partial charge in [-0.15, -0.1) is 0 Å². The van der Waals surface area contributed by atoms with Gasteiger partial charge in [0.15, 0.2) is 0 Å². The van der Waals surface area contributed by atoms with E-state index < -0.39 is 23.6 Å². The number of anilines is 1. The first kappa shape index (κ1) is 15.9. The summed E-state index contributed by atoms with van der Waals surface area (Å²) in [5.74, 6) is -2.72. The first-order valence-corrected chi connectivity index (χ1v) is 7.70. The number of carboxylic acids is 1. The molecule has 1 aliphatic carbocycles. The molecule has 1 aromatic rings. The fraction of sp³-hybridized carbons (Fsp3) is 0.467. The van der Waals surface area contributed by atoms with Crippen LogP contribution in [0.15, 0.2) is 22.7 Å². The Morgan fingerprint density at radius 2 is 2.05 bits per heavy atom. The first-order chi connectivity index (χ1) is 9.92. The van der Waals surface area contributed by atoms with Crippen molar-refractivity contribution in [2.45, 2.75) is 26.2 Å². The lowest BCUT2D eigenvalue weighted by atomic mass is 9.95. The molecule has 0 spiro atoms. The van der Waals surface area contributed by atoms with Gasteiger partial charge in [0, 0.05) is 5.69 Å². The molecule has 1 saturated carbocycles. The highest BCUT2D eigenvalue weighted by Crippen LogP contribution is 2.39. The van der Waals surface area contributed by atoms with Crippen LogP contribution in [0.25, 0.3) is 0 Å². The Kier molecular flexibility index (Phi) is 4.98. The number of aliphatic carboxylic acids is 1. The van der Waals surface area contributed by atoms with Gasteiger partial charge in [-0.1, -0.05) is 13.3 Å². The fourth-order valence-corrected chi connectivity index (χ4v) is 3.09. The predicted molar refractivity (Wildman–Crippen MR) is 80.4 cm³/mol. The molecule has 0 aromatic heterocycles. The monoisotopic (exact) mass is 357 g/mol. The number of nitrogens with one attached hydrogen (secondary N) is 1. The van der Waals surface area contributed by atoms with E-state index in [0.717, 1.165) is 6.42 Å². The van der Waals surface area contributed by atoms with E-state index in [2.05, 4.69) is 21.2 Å². The second-order valence-electron chi connectivity index (χ2n) is 5.42. The average Bonchev–Trinajstić information content (AvgIpc) is 2.87. The number of carbonyl (C=O) groups is 2. The number of halogens is 2. The van der Waals surface area contributed by atoms with Crippen LogP contribution in [-0.4, -0.2) is 17.0 Å². The maximum absolute atomic E-state index is 13.4. The SMILES string of the molecule is CCC1CC(C(=O)O)C(C(=O)Nc2ccc(Br)c(F)c2)C1. The van der Waals surface area contributed by atoms with Gasteiger partial charge in [0.1, 0.15) is 5.82 Å². The summed E-state index contributed by atoms with van der Waals surface area (Å²) in [5, 5.41) is 11.9. The summed E-state index contributed by atoms with van der Waals surface area (Å²) in [6, 6.07) is 4.29. The predicted octanol–water partition coefficient (Wildman–Crippen LogP) is 3.66. The molecule has 1 aliphatic rings. The van der Waals surface area contributed by atoms with Crippen LogP contribution in [0.1, 0.15) is 26.2 Å². The number of benzene rings is 1. The quantitative estimate of drug-likeness (QED) is 0.863. The minimum atomic E-state index is -0.937. The summed E-state index contributed by atoms with van der Waals surface area (Å²) in [6.45, 7) is 1.99. The molecule has 3 atom stereocenters. The molecule has 4 nitrogen and oxygen atoms in total. The van der Waals surface area contributed by atoms with E-state index in [-0.39, 0.29) is 11.8 Å². The Bertz CT molecular complexity index is 564. The van der Waals surface area contributed by atoms with Crippen LogP contribution in [0, 0.1) is 23.6 Å². The summed E-state index contributed by atoms with van der Waals surface area (Å²) in [6.07, 6.45) is 1.96. The molecule has 0 radical (unpaired) electrons. The Balaban J connectivity index is 2.11. The molecule has 0 heterocycles. The molecule has 1 amide bonds. The highest BCUT2D eigenvalue weighted by atomic mass is 79.9. The minimum Gasteiger partial charge on any atom is -0.481 e. The van der Waals surface area contributed by atoms with Crippen molar-refractivity contribution in [3.63, 3.8) is 0 Å². The molecule has 114 valence electrons. The lowest BCUT2D eigenvalue weighted by Gasteiger charge is -2.15. The number of hydrogen-bond donors (Lipinski definition) is 2. The second kappa shape index (κ2) is 6.56. The topological polar surface area (TPSA) is 66.4 Å². The summed E-state index contributed by atoms with van der Waals surface area (Å²) >= 11 is 3.04. The van der Waals surface area contributed by atoms with E-state index in [0.29, 0.717) is 23.0 Å². The highest BCUT2D eigenvalue weighted by Gasteiger charge is 2.42. The van der Waals surface area contributed by atoms with Gasteiger partial charge >= 0.3 is 5.97 Å². The van der Waals surface area contributed by atoms with Crippen molar-refractivity contribution in [1.29, 1.82) is 0 Å². The number of carboxylic acid groups (broad SMARTS) is 1. The van der Waals surface area contributed by atoms with Crippen molar-refractivity contribution in [3.8, 4) is 0 Å². The van der Waals surface area contributed by atoms with E-state index in [4.69, 9.17) is 0 Å². The van der Waals surface area contributed by atoms with Gasteiger partial charge in [-0.25, -0.2) is 4.39 Å². The third-order valence-electron chi connectivity index (χ3n) is 4.08. The van der Waals surface area contributed by atoms with Crippen molar-refractivity contribution >= 4 is 33.5 Å². The van der Waals surface area contributed by atoms with Crippen LogP contribution < -0.4 is 5.32 Å². The number of hydrogen-bond acceptors (Lipinski definition) is 2. The fourth-order valence-electron chi connectivity index (χ4n) is 2.85. The van der Waals surface area contributed by atoms with Crippen molar-refractivity contribution < 1.29 is 19.1 Å². The molecule has 21 heavy (non-hydrogen) atoms. The second-order valence-corrected chi connectivity index (χ2v) is 6.27. The van der Waals surface area contributed by atoms with Crippen LogP contribution in [0.2, 0.25) is 0 Å². The van der Waals surface area contributed by atoms with Crippen LogP contribution in [0.3, 0.4) is 0 Å². The molecule has 0 aliphatic heterocycles. The average molecular weight is 358 g/mol. The maximum Gasteiger partial charge on any atom is 0.307 e. The molecule has 6 heteroatoms. The zero-order valence-electron chi connectivity index (χ0n) is 11.6. The number of carbonyl (C=O) groups excluding carboxylic acids is 1. The number of amides is 1. The third-order valence-corrected chi connectivity index (χ3v) is 4.72. The summed E-state index contributed by atoms with van der Waals surface area (Å²) in [4.78, 5) is 23.6. The van der Waals surface area contributed by atoms with Gasteiger partial charge in [0.05, 0.1) is 16.3 Å². The van der Waals surface area contributed by atoms with E-state index in [1.165, 1.54) is 12.1 Å². The van der Waals surface area contributed by atoms with E-state index in [9.17, 15) is 19.1 Å². The zero-order chi connectivity index (χ0) is 15.6. The van der Waals surface area contributed by atoms with Crippen LogP contribution in [-0.2, 0) is 9.59 Å². The van der Waals surface area contributed by atoms with Crippen LogP contribution >= 0.6 is 15.9 Å². The zero-order valence-corrected chi connectivity index (χ0v) is 13.2. The van der Waals surface area contributed by atoms with Gasteiger partial charge < -0.3 is 10.4 Å². The van der Waals surface area contributed by atoms with Crippen molar-refractivity contribution in [2.24, 2.45) is 17.8 Å². The molecule has 1 fully saturated rings. The van der Waals surface area contributed by atoms with Crippen LogP contribution in [0.5, 0.6) is 0 Å². The number of rotatable bonds is 4. The van der Waals surface area contributed by atoms with Crippen molar-refractivity contribution in [3.05, 3.63) is 28.5 Å². The van der Waals surface area contributed by atoms with Gasteiger partial charge in [0.25, 0.3) is 0 Å². The summed E-state index contributed by atoms with van der Waals surface area (Å²) < 4.78 is 13.8. The van der Waals surface area contributed by atoms with Crippen molar-refractivity contribution in [1.82, 2.24) is 0 Å². The Hall–Kier alpha value is -1.43. The summed E-state index contributed by atoms with van der Waals surface area (Å²) in [7, 11) is 0. The normalized spacial score (nSPS) is 24.8. The Morgan fingerprint density at radius 3 is 2.62 bits per heavy atom. The first-order valence-electron chi connectivity index (χ1n) is 6.91. The largest absolute Gasteiger partial charge is 0.481 e. The molecular formula is C15H17BrFNO3. The molecule has 3 unspecified atom stereocenters. The Labute approximate surface area is 130 Å². The van der Waals surface area contributed by atoms with Crippen LogP contribution in [0.4, 0.5) is 10.1 Å². The lowest BCUT2D eigenvalue weighted by molar-refractivity contribution is -0.145. The van der Waals surface area contributed by atoms with E-state index >= 15 is 0 Å². The smallest absolute Gasteiger partial charge is 0.307 e. The lowest BCUT2D eigenvalue weighted by Crippen LogP contribution is -2.30. The minimum absolute atomic E-state index is 0.253. The van der Waals surface area contributed by atoms with E-state index in [1.54, 1.807) is 6.07 Å². The van der Waals surface area contributed by atoms with Gasteiger partial charge in [-0.05, 0) is 52.9 Å². The molecule has 2 N–H and O–H groups in total. The highest BCUT2D eigenvalue weighted by molar-refractivity contribution is 9.10. The van der Waals surface area contributed by atoms with Crippen molar-refractivity contribution in [2.75, 3.05) is 5.32 Å². The summed E-state index contributed by atoms with van der Waals surface area (Å²) in [5.41, 5.74) is 0.338. The van der Waals surface area contributed by atoms with E-state index in [1.807, 2.05) is 6.92 Å². The third kappa shape index (κ3) is 3.61. The Morgan fingerprint density at radius 1 is 1.38 bits per heavy atom. The van der Waals surface area contributed by atoms with Gasteiger partial charge in [0.2, 0.25) is 5.91 Å². The molecule has 0 saturated heterocycles. The maximum atomic E-state index is 13.4. The standard InChI is InChI=1S/C15H17BrFNO3/c1-2-8-5-10(11(6-8)15(20)21)14(19)18-9-3-4-12(16)13(17)7-9/h3-4,7-8,10-11H,2,5-6H2,1H3,(H,18,19)(H,20,21).